The lowest BCUT2D eigenvalue weighted by molar-refractivity contribution is 0.0711. The van der Waals surface area contributed by atoms with E-state index in [4.69, 9.17) is 10.2 Å². The number of benzene rings is 1. The van der Waals surface area contributed by atoms with Crippen molar-refractivity contribution in [2.24, 2.45) is 0 Å². The van der Waals surface area contributed by atoms with Crippen molar-refractivity contribution >= 4 is 11.4 Å². The van der Waals surface area contributed by atoms with E-state index in [9.17, 15) is 10.4 Å². The summed E-state index contributed by atoms with van der Waals surface area (Å²) in [7, 11) is 0. The van der Waals surface area contributed by atoms with Gasteiger partial charge in [0.25, 0.3) is 0 Å². The first-order valence-corrected chi connectivity index (χ1v) is 4.97. The molecule has 2 atom stereocenters. The second-order valence-electron chi connectivity index (χ2n) is 3.68. The third-order valence-corrected chi connectivity index (χ3v) is 2.82. The highest BCUT2D eigenvalue weighted by molar-refractivity contribution is 5.72. The Labute approximate surface area is 92.5 Å². The molecule has 4 N–H and O–H groups in total. The Morgan fingerprint density at radius 1 is 0.875 bits per heavy atom. The van der Waals surface area contributed by atoms with Crippen LogP contribution >= 0.6 is 0 Å². The number of aliphatic hydroxyl groups excluding tert-OH is 2. The Hall–Kier alpha value is -1.34. The topological polar surface area (TPSA) is 87.4 Å². The number of fused-ring (bicyclic) bond motifs is 1. The number of hydrogen-bond acceptors (Lipinski definition) is 6. The zero-order chi connectivity index (χ0) is 11.7. The molecule has 1 aromatic rings. The molecule has 0 unspecified atom stereocenters. The highest BCUT2D eigenvalue weighted by atomic mass is 16.5. The highest BCUT2D eigenvalue weighted by Gasteiger charge is 2.37. The molecule has 0 saturated carbocycles. The summed E-state index contributed by atoms with van der Waals surface area (Å²) in [5.74, 6) is 0. The van der Waals surface area contributed by atoms with Crippen molar-refractivity contribution < 1.29 is 20.6 Å². The van der Waals surface area contributed by atoms with Gasteiger partial charge in [-0.3, -0.25) is 10.4 Å². The van der Waals surface area contributed by atoms with Gasteiger partial charge in [-0.2, -0.15) is 0 Å². The van der Waals surface area contributed by atoms with Crippen molar-refractivity contribution in [2.75, 3.05) is 23.3 Å². The summed E-state index contributed by atoms with van der Waals surface area (Å²) in [5, 5.41) is 39.8. The maximum absolute atomic E-state index is 9.86. The maximum Gasteiger partial charge on any atom is 0.104 e. The molecule has 88 valence electrons. The summed E-state index contributed by atoms with van der Waals surface area (Å²) in [6.07, 6.45) is 0. The smallest absolute Gasteiger partial charge is 0.104 e. The predicted molar refractivity (Wildman–Crippen MR) is 56.7 cm³/mol. The van der Waals surface area contributed by atoms with Crippen LogP contribution in [0, 0.1) is 0 Å². The molecule has 1 aromatic carbocycles. The normalized spacial score (nSPS) is 24.5. The van der Waals surface area contributed by atoms with Crippen LogP contribution in [0.15, 0.2) is 24.3 Å². The molecule has 0 aliphatic carbocycles. The van der Waals surface area contributed by atoms with Crippen molar-refractivity contribution in [1.29, 1.82) is 0 Å². The van der Waals surface area contributed by atoms with E-state index in [0.29, 0.717) is 11.4 Å². The summed E-state index contributed by atoms with van der Waals surface area (Å²) in [4.78, 5) is 0. The molecular formula is C10H14N2O4. The molecule has 0 amide bonds. The standard InChI is InChI=1S/C10H14N2O4/c13-5-9-10(6-14)12(16)8-4-2-1-3-7(8)11(9)15/h1-4,9-10,13-16H,5-6H2/t9-,10-/m0/s1. The number of rotatable bonds is 2. The molecule has 0 bridgehead atoms. The van der Waals surface area contributed by atoms with Crippen LogP contribution < -0.4 is 10.1 Å². The number of anilines is 2. The van der Waals surface area contributed by atoms with Crippen LogP contribution in [-0.2, 0) is 0 Å². The quantitative estimate of drug-likeness (QED) is 0.559. The molecule has 2 rings (SSSR count). The predicted octanol–water partition coefficient (Wildman–Crippen LogP) is -0.187. The second kappa shape index (κ2) is 4.26. The summed E-state index contributed by atoms with van der Waals surface area (Å²) < 4.78 is 0. The zero-order valence-corrected chi connectivity index (χ0v) is 8.56. The average molecular weight is 226 g/mol. The summed E-state index contributed by atoms with van der Waals surface area (Å²) in [6.45, 7) is -0.736. The van der Waals surface area contributed by atoms with E-state index in [1.165, 1.54) is 0 Å². The summed E-state index contributed by atoms with van der Waals surface area (Å²) >= 11 is 0. The van der Waals surface area contributed by atoms with Gasteiger partial charge in [-0.25, -0.2) is 10.1 Å². The van der Waals surface area contributed by atoms with Gasteiger partial charge in [-0.15, -0.1) is 0 Å². The van der Waals surface area contributed by atoms with Crippen LogP contribution in [0.4, 0.5) is 11.4 Å². The highest BCUT2D eigenvalue weighted by Crippen LogP contribution is 2.35. The van der Waals surface area contributed by atoms with Crippen molar-refractivity contribution in [3.8, 4) is 0 Å². The van der Waals surface area contributed by atoms with E-state index in [-0.39, 0.29) is 13.2 Å². The van der Waals surface area contributed by atoms with Gasteiger partial charge < -0.3 is 10.2 Å². The van der Waals surface area contributed by atoms with Crippen molar-refractivity contribution in [2.45, 2.75) is 12.1 Å². The van der Waals surface area contributed by atoms with Crippen molar-refractivity contribution in [1.82, 2.24) is 0 Å². The van der Waals surface area contributed by atoms with E-state index in [2.05, 4.69) is 0 Å². The fourth-order valence-electron chi connectivity index (χ4n) is 1.93. The fourth-order valence-corrected chi connectivity index (χ4v) is 1.93. The molecule has 1 aliphatic heterocycles. The van der Waals surface area contributed by atoms with E-state index in [0.717, 1.165) is 10.1 Å². The maximum atomic E-state index is 9.86. The molecule has 0 fully saturated rings. The lowest BCUT2D eigenvalue weighted by atomic mass is 10.0. The molecule has 1 heterocycles. The van der Waals surface area contributed by atoms with Crippen LogP contribution in [0.3, 0.4) is 0 Å². The minimum Gasteiger partial charge on any atom is -0.394 e. The van der Waals surface area contributed by atoms with E-state index in [1.54, 1.807) is 24.3 Å². The average Bonchev–Trinajstić information content (AvgIpc) is 2.33. The molecule has 0 radical (unpaired) electrons. The second-order valence-corrected chi connectivity index (χ2v) is 3.68. The molecule has 6 heteroatoms. The van der Waals surface area contributed by atoms with Crippen LogP contribution in [0.2, 0.25) is 0 Å². The van der Waals surface area contributed by atoms with E-state index < -0.39 is 12.1 Å². The third-order valence-electron chi connectivity index (χ3n) is 2.82. The molecular weight excluding hydrogens is 212 g/mol. The molecule has 0 spiro atoms. The molecule has 0 saturated heterocycles. The minimum atomic E-state index is -0.759. The van der Waals surface area contributed by atoms with Gasteiger partial charge in [0.05, 0.1) is 24.6 Å². The van der Waals surface area contributed by atoms with Crippen LogP contribution in [0.25, 0.3) is 0 Å². The number of para-hydroxylation sites is 2. The van der Waals surface area contributed by atoms with Gasteiger partial charge in [0.1, 0.15) is 12.1 Å². The summed E-state index contributed by atoms with van der Waals surface area (Å²) in [5.41, 5.74) is 0.794. The molecule has 0 aromatic heterocycles. The van der Waals surface area contributed by atoms with Crippen molar-refractivity contribution in [3.05, 3.63) is 24.3 Å². The van der Waals surface area contributed by atoms with Gasteiger partial charge in [-0.1, -0.05) is 12.1 Å². The Morgan fingerprint density at radius 2 is 1.25 bits per heavy atom. The SMILES string of the molecule is OC[C@H]1[C@H](CO)N(O)c2ccccc2N1O. The van der Waals surface area contributed by atoms with Crippen LogP contribution in [0.1, 0.15) is 0 Å². The molecule has 16 heavy (non-hydrogen) atoms. The molecule has 1 aliphatic rings. The van der Waals surface area contributed by atoms with Crippen LogP contribution in [0.5, 0.6) is 0 Å². The number of hydroxylamine groups is 2. The zero-order valence-electron chi connectivity index (χ0n) is 8.56. The Balaban J connectivity index is 2.46. The van der Waals surface area contributed by atoms with Gasteiger partial charge in [0.2, 0.25) is 0 Å². The fraction of sp³-hybridized carbons (Fsp3) is 0.400. The Morgan fingerprint density at radius 3 is 1.56 bits per heavy atom. The van der Waals surface area contributed by atoms with Gasteiger partial charge >= 0.3 is 0 Å². The third kappa shape index (κ3) is 1.52. The van der Waals surface area contributed by atoms with Gasteiger partial charge in [0, 0.05) is 0 Å². The Kier molecular flexibility index (Phi) is 2.97. The van der Waals surface area contributed by atoms with Gasteiger partial charge in [-0.05, 0) is 12.1 Å². The first-order valence-electron chi connectivity index (χ1n) is 4.97. The monoisotopic (exact) mass is 226 g/mol. The van der Waals surface area contributed by atoms with Crippen molar-refractivity contribution in [3.63, 3.8) is 0 Å². The first kappa shape index (κ1) is 11.2. The molecule has 6 nitrogen and oxygen atoms in total. The number of hydrogen-bond donors (Lipinski definition) is 4. The largest absolute Gasteiger partial charge is 0.394 e. The van der Waals surface area contributed by atoms with Crippen LogP contribution in [-0.4, -0.2) is 45.9 Å². The number of aliphatic hydroxyl groups is 2. The van der Waals surface area contributed by atoms with Gasteiger partial charge in [0.15, 0.2) is 0 Å². The van der Waals surface area contributed by atoms with E-state index >= 15 is 0 Å². The minimum absolute atomic E-state index is 0.368. The lowest BCUT2D eigenvalue weighted by Gasteiger charge is -2.42. The number of nitrogens with zero attached hydrogens (tertiary/aromatic N) is 2. The lowest BCUT2D eigenvalue weighted by Crippen LogP contribution is -2.57. The van der Waals surface area contributed by atoms with E-state index in [1.807, 2.05) is 0 Å². The first-order chi connectivity index (χ1) is 7.70. The summed E-state index contributed by atoms with van der Waals surface area (Å²) in [6, 6.07) is 5.14. The Bertz CT molecular complexity index is 339.